The molecule has 1 N–H and O–H groups in total. The second kappa shape index (κ2) is 5.85. The van der Waals surface area contributed by atoms with Gasteiger partial charge >= 0.3 is 0 Å². The first kappa shape index (κ1) is 15.7. The van der Waals surface area contributed by atoms with Crippen molar-refractivity contribution in [2.75, 3.05) is 0 Å². The van der Waals surface area contributed by atoms with Crippen molar-refractivity contribution in [3.63, 3.8) is 0 Å². The highest BCUT2D eigenvalue weighted by Gasteiger charge is 2.26. The van der Waals surface area contributed by atoms with Crippen molar-refractivity contribution in [3.8, 4) is 5.75 Å². The minimum Gasteiger partial charge on any atom is -0.508 e. The van der Waals surface area contributed by atoms with Crippen LogP contribution in [0.5, 0.6) is 5.75 Å². The van der Waals surface area contributed by atoms with Gasteiger partial charge in [-0.2, -0.15) is 0 Å². The Hall–Kier alpha value is -1.31. The Bertz CT molecular complexity index is 331. The molecule has 0 fully saturated rings. The predicted octanol–water partition coefficient (Wildman–Crippen LogP) is 3.92. The molecule has 0 amide bonds. The number of carbonyl (C=O) groups excluding carboxylic acids is 1. The molecule has 0 unspecified atom stereocenters. The molecule has 1 aromatic rings. The summed E-state index contributed by atoms with van der Waals surface area (Å²) < 4.78 is 0. The van der Waals surface area contributed by atoms with Crippen LogP contribution in [0.15, 0.2) is 24.3 Å². The molecule has 0 saturated carbocycles. The molecule has 0 aliphatic rings. The predicted molar refractivity (Wildman–Crippen MR) is 72.3 cm³/mol. The van der Waals surface area contributed by atoms with Crippen LogP contribution in [0.4, 0.5) is 0 Å². The van der Waals surface area contributed by atoms with Crippen LogP contribution in [0, 0.1) is 5.41 Å². The molecule has 2 nitrogen and oxygen atoms in total. The van der Waals surface area contributed by atoms with E-state index in [9.17, 15) is 5.11 Å². The maximum Gasteiger partial charge on any atom is 0.115 e. The maximum atomic E-state index is 9.25. The largest absolute Gasteiger partial charge is 0.508 e. The Balaban J connectivity index is 0.00000121. The molecule has 0 heterocycles. The standard InChI is InChI=1S/C14H22O.CH2O/c1-13(2,3)10-14(4,5)11-6-8-12(15)9-7-11;1-2/h6-9,15H,10H2,1-5H3;1H2. The number of hydrogen-bond acceptors (Lipinski definition) is 2. The van der Waals surface area contributed by atoms with E-state index in [0.717, 1.165) is 6.42 Å². The molecule has 0 aliphatic heterocycles. The monoisotopic (exact) mass is 236 g/mol. The summed E-state index contributed by atoms with van der Waals surface area (Å²) in [6.45, 7) is 13.3. The van der Waals surface area contributed by atoms with E-state index in [1.54, 1.807) is 12.1 Å². The lowest BCUT2D eigenvalue weighted by atomic mass is 9.72. The fourth-order valence-corrected chi connectivity index (χ4v) is 2.34. The summed E-state index contributed by atoms with van der Waals surface area (Å²) in [5.74, 6) is 0.338. The van der Waals surface area contributed by atoms with Gasteiger partial charge in [0.15, 0.2) is 0 Å². The van der Waals surface area contributed by atoms with Gasteiger partial charge in [0.2, 0.25) is 0 Å². The van der Waals surface area contributed by atoms with Gasteiger partial charge < -0.3 is 9.90 Å². The molecule has 0 saturated heterocycles. The van der Waals surface area contributed by atoms with Gasteiger partial charge in [0.1, 0.15) is 12.5 Å². The lowest BCUT2D eigenvalue weighted by Gasteiger charge is -2.33. The first-order valence-corrected chi connectivity index (χ1v) is 5.79. The molecular formula is C15H24O2. The Morgan fingerprint density at radius 2 is 1.41 bits per heavy atom. The molecular weight excluding hydrogens is 212 g/mol. The zero-order chi connectivity index (χ0) is 13.7. The summed E-state index contributed by atoms with van der Waals surface area (Å²) in [6, 6.07) is 7.56. The van der Waals surface area contributed by atoms with Crippen molar-refractivity contribution in [3.05, 3.63) is 29.8 Å². The van der Waals surface area contributed by atoms with E-state index >= 15 is 0 Å². The molecule has 2 heteroatoms. The average molecular weight is 236 g/mol. The normalized spacial score (nSPS) is 11.6. The molecule has 96 valence electrons. The van der Waals surface area contributed by atoms with Crippen molar-refractivity contribution < 1.29 is 9.90 Å². The summed E-state index contributed by atoms with van der Waals surface area (Å²) in [5.41, 5.74) is 1.77. The molecule has 0 radical (unpaired) electrons. The van der Waals surface area contributed by atoms with Crippen LogP contribution in [0.1, 0.15) is 46.6 Å². The Morgan fingerprint density at radius 3 is 1.76 bits per heavy atom. The van der Waals surface area contributed by atoms with Gasteiger partial charge in [0.05, 0.1) is 0 Å². The van der Waals surface area contributed by atoms with Crippen molar-refractivity contribution in [2.24, 2.45) is 5.41 Å². The van der Waals surface area contributed by atoms with Gasteiger partial charge in [-0.3, -0.25) is 0 Å². The first-order chi connectivity index (χ1) is 7.71. The van der Waals surface area contributed by atoms with Crippen LogP contribution in [0.3, 0.4) is 0 Å². The SMILES string of the molecule is C=O.CC(C)(C)CC(C)(C)c1ccc(O)cc1. The third-order valence-corrected chi connectivity index (χ3v) is 2.62. The number of aromatic hydroxyl groups is 1. The summed E-state index contributed by atoms with van der Waals surface area (Å²) in [7, 11) is 0. The van der Waals surface area contributed by atoms with Gasteiger partial charge in [0.25, 0.3) is 0 Å². The molecule has 0 atom stereocenters. The van der Waals surface area contributed by atoms with Crippen LogP contribution in [-0.2, 0) is 10.2 Å². The fourth-order valence-electron chi connectivity index (χ4n) is 2.34. The Kier molecular flexibility index (Phi) is 5.40. The van der Waals surface area contributed by atoms with E-state index in [0.29, 0.717) is 11.2 Å². The number of phenolic OH excluding ortho intramolecular Hbond substituents is 1. The molecule has 0 spiro atoms. The summed E-state index contributed by atoms with van der Waals surface area (Å²) >= 11 is 0. The highest BCUT2D eigenvalue weighted by molar-refractivity contribution is 5.30. The van der Waals surface area contributed by atoms with Crippen molar-refractivity contribution in [1.82, 2.24) is 0 Å². The zero-order valence-electron chi connectivity index (χ0n) is 11.6. The maximum absolute atomic E-state index is 9.25. The first-order valence-electron chi connectivity index (χ1n) is 5.79. The van der Waals surface area contributed by atoms with E-state index in [-0.39, 0.29) is 5.41 Å². The molecule has 0 aromatic heterocycles. The van der Waals surface area contributed by atoms with E-state index in [1.165, 1.54) is 5.56 Å². The molecule has 1 aromatic carbocycles. The number of carbonyl (C=O) groups is 1. The lowest BCUT2D eigenvalue weighted by molar-refractivity contribution is -0.0979. The lowest BCUT2D eigenvalue weighted by Crippen LogP contribution is -2.24. The van der Waals surface area contributed by atoms with Crippen LogP contribution in [0.25, 0.3) is 0 Å². The highest BCUT2D eigenvalue weighted by Crippen LogP contribution is 2.36. The van der Waals surface area contributed by atoms with Crippen molar-refractivity contribution >= 4 is 6.79 Å². The van der Waals surface area contributed by atoms with E-state index in [4.69, 9.17) is 4.79 Å². The van der Waals surface area contributed by atoms with Crippen LogP contribution < -0.4 is 0 Å². The second-order valence-electron chi connectivity index (χ2n) is 6.17. The molecule has 0 aliphatic carbocycles. The topological polar surface area (TPSA) is 37.3 Å². The van der Waals surface area contributed by atoms with Gasteiger partial charge in [0, 0.05) is 0 Å². The third-order valence-electron chi connectivity index (χ3n) is 2.62. The minimum atomic E-state index is 0.159. The fraction of sp³-hybridized carbons (Fsp3) is 0.533. The van der Waals surface area contributed by atoms with E-state index in [2.05, 4.69) is 34.6 Å². The number of benzene rings is 1. The minimum absolute atomic E-state index is 0.159. The highest BCUT2D eigenvalue weighted by atomic mass is 16.3. The van der Waals surface area contributed by atoms with Crippen molar-refractivity contribution in [2.45, 2.75) is 46.5 Å². The van der Waals surface area contributed by atoms with Crippen LogP contribution >= 0.6 is 0 Å². The third kappa shape index (κ3) is 5.53. The molecule has 17 heavy (non-hydrogen) atoms. The van der Waals surface area contributed by atoms with Gasteiger partial charge in [-0.25, -0.2) is 0 Å². The summed E-state index contributed by atoms with van der Waals surface area (Å²) in [6.07, 6.45) is 1.13. The van der Waals surface area contributed by atoms with Crippen LogP contribution in [-0.4, -0.2) is 11.9 Å². The Labute approximate surface area is 105 Å². The smallest absolute Gasteiger partial charge is 0.115 e. The quantitative estimate of drug-likeness (QED) is 0.845. The Morgan fingerprint density at radius 1 is 1.00 bits per heavy atom. The van der Waals surface area contributed by atoms with E-state index < -0.39 is 0 Å². The summed E-state index contributed by atoms with van der Waals surface area (Å²) in [4.78, 5) is 8.00. The van der Waals surface area contributed by atoms with Gasteiger partial charge in [-0.1, -0.05) is 46.8 Å². The van der Waals surface area contributed by atoms with Gasteiger partial charge in [-0.15, -0.1) is 0 Å². The number of phenols is 1. The van der Waals surface area contributed by atoms with Gasteiger partial charge in [-0.05, 0) is 34.9 Å². The summed E-state index contributed by atoms with van der Waals surface area (Å²) in [5, 5.41) is 9.25. The second-order valence-corrected chi connectivity index (χ2v) is 6.17. The van der Waals surface area contributed by atoms with Crippen LogP contribution in [0.2, 0.25) is 0 Å². The average Bonchev–Trinajstić information content (AvgIpc) is 2.18. The number of hydrogen-bond donors (Lipinski definition) is 1. The van der Waals surface area contributed by atoms with E-state index in [1.807, 2.05) is 18.9 Å². The molecule has 1 rings (SSSR count). The zero-order valence-corrected chi connectivity index (χ0v) is 11.6. The molecule has 0 bridgehead atoms. The van der Waals surface area contributed by atoms with Crippen molar-refractivity contribution in [1.29, 1.82) is 0 Å². The number of rotatable bonds is 2.